The minimum Gasteiger partial charge on any atom is -0.457 e. The molecule has 3 atom stereocenters. The third kappa shape index (κ3) is 6.53. The molecule has 2 N–H and O–H groups in total. The van der Waals surface area contributed by atoms with E-state index in [1.165, 1.54) is 58.3 Å². The first kappa shape index (κ1) is 29.8. The maximum atomic E-state index is 6.46. The lowest BCUT2D eigenvalue weighted by atomic mass is 10.0. The Bertz CT molecular complexity index is 1410. The molecule has 0 bridgehead atoms. The second-order valence-corrected chi connectivity index (χ2v) is 11.5. The minimum absolute atomic E-state index is 0.414. The van der Waals surface area contributed by atoms with Crippen LogP contribution >= 0.6 is 0 Å². The van der Waals surface area contributed by atoms with Crippen molar-refractivity contribution in [1.82, 2.24) is 24.3 Å². The fraction of sp³-hybridized carbons (Fsp3) is 0.429. The van der Waals surface area contributed by atoms with Crippen molar-refractivity contribution >= 4 is 16.9 Å². The van der Waals surface area contributed by atoms with E-state index in [0.717, 1.165) is 40.1 Å². The molecule has 0 amide bonds. The first-order valence-corrected chi connectivity index (χ1v) is 15.5. The largest absolute Gasteiger partial charge is 0.457 e. The number of nitrogen functional groups attached to an aromatic ring is 1. The summed E-state index contributed by atoms with van der Waals surface area (Å²) in [4.78, 5) is 14.5. The van der Waals surface area contributed by atoms with Crippen molar-refractivity contribution in [2.45, 2.75) is 70.5 Å². The maximum Gasteiger partial charge on any atom is 0.146 e. The maximum absolute atomic E-state index is 6.46. The molecule has 0 spiro atoms. The minimum atomic E-state index is 0.414. The molecule has 4 aromatic rings. The average molecular weight is 567 g/mol. The zero-order valence-corrected chi connectivity index (χ0v) is 25.3. The molecule has 0 radical (unpaired) electrons. The summed E-state index contributed by atoms with van der Waals surface area (Å²) in [6.07, 6.45) is 11.2. The van der Waals surface area contributed by atoms with Gasteiger partial charge in [0.2, 0.25) is 0 Å². The molecule has 6 rings (SSSR count). The van der Waals surface area contributed by atoms with E-state index in [9.17, 15) is 0 Å². The van der Waals surface area contributed by atoms with Gasteiger partial charge in [0.1, 0.15) is 29.3 Å². The van der Waals surface area contributed by atoms with Gasteiger partial charge in [-0.05, 0) is 75.3 Å². The van der Waals surface area contributed by atoms with Gasteiger partial charge in [-0.25, -0.2) is 9.97 Å². The highest BCUT2D eigenvalue weighted by Gasteiger charge is 2.29. The van der Waals surface area contributed by atoms with E-state index in [4.69, 9.17) is 15.5 Å². The van der Waals surface area contributed by atoms with Gasteiger partial charge in [-0.3, -0.25) is 9.80 Å². The molecule has 1 aliphatic carbocycles. The number of para-hydroxylation sites is 1. The van der Waals surface area contributed by atoms with Crippen LogP contribution in [0.3, 0.4) is 0 Å². The lowest BCUT2D eigenvalue weighted by Crippen LogP contribution is -2.52. The Hall–Kier alpha value is -3.68. The summed E-state index contributed by atoms with van der Waals surface area (Å²) < 4.78 is 8.41. The third-order valence-electron chi connectivity index (χ3n) is 9.16. The molecule has 2 aromatic carbocycles. The van der Waals surface area contributed by atoms with Crippen molar-refractivity contribution < 1.29 is 4.74 Å². The summed E-state index contributed by atoms with van der Waals surface area (Å²) in [5.41, 5.74) is 9.58. The first-order chi connectivity index (χ1) is 20.6. The lowest BCUT2D eigenvalue weighted by molar-refractivity contribution is 0.0670. The molecule has 1 aliphatic heterocycles. The highest BCUT2D eigenvalue weighted by atomic mass is 16.5. The van der Waals surface area contributed by atoms with Crippen LogP contribution in [-0.2, 0) is 0 Å². The summed E-state index contributed by atoms with van der Waals surface area (Å²) in [6, 6.07) is 19.9. The highest BCUT2D eigenvalue weighted by molar-refractivity contribution is 6.00. The second-order valence-electron chi connectivity index (χ2n) is 11.5. The number of nitrogens with zero attached hydrogens (tertiary/aromatic N) is 5. The van der Waals surface area contributed by atoms with E-state index in [1.54, 1.807) is 6.33 Å². The van der Waals surface area contributed by atoms with Gasteiger partial charge in [-0.1, -0.05) is 37.3 Å². The van der Waals surface area contributed by atoms with Gasteiger partial charge in [0, 0.05) is 56.1 Å². The molecule has 1 saturated carbocycles. The average Bonchev–Trinajstić information content (AvgIpc) is 3.27. The number of rotatable bonds is 7. The van der Waals surface area contributed by atoms with E-state index in [-0.39, 0.29) is 0 Å². The summed E-state index contributed by atoms with van der Waals surface area (Å²) >= 11 is 0. The summed E-state index contributed by atoms with van der Waals surface area (Å²) in [6.45, 7) is 15.5. The fourth-order valence-corrected chi connectivity index (χ4v) is 6.64. The number of hydrogen-bond acceptors (Lipinski definition) is 6. The van der Waals surface area contributed by atoms with Gasteiger partial charge < -0.3 is 15.0 Å². The Morgan fingerprint density at radius 1 is 0.881 bits per heavy atom. The van der Waals surface area contributed by atoms with Crippen LogP contribution in [0.4, 0.5) is 5.82 Å². The van der Waals surface area contributed by atoms with Crippen molar-refractivity contribution in [2.75, 3.05) is 31.9 Å². The molecule has 3 heterocycles. The van der Waals surface area contributed by atoms with E-state index in [1.807, 2.05) is 42.5 Å². The van der Waals surface area contributed by atoms with E-state index in [2.05, 4.69) is 64.7 Å². The lowest BCUT2D eigenvalue weighted by Gasteiger charge is -2.41. The van der Waals surface area contributed by atoms with Crippen LogP contribution < -0.4 is 10.5 Å². The van der Waals surface area contributed by atoms with Crippen LogP contribution in [0.15, 0.2) is 80.3 Å². The van der Waals surface area contributed by atoms with Gasteiger partial charge in [-0.2, -0.15) is 0 Å². The summed E-state index contributed by atoms with van der Waals surface area (Å²) in [7, 11) is 0. The Kier molecular flexibility index (Phi) is 9.93. The van der Waals surface area contributed by atoms with Gasteiger partial charge in [0.15, 0.2) is 0 Å². The molecular weight excluding hydrogens is 520 g/mol. The standard InChI is InChI=1S/C33H42N6O.C2H4/c1-3-24(2)37-18-20-38(21-19-37)26-8-7-9-27(15-14-26)39-22-30(31-32(34)35-23-36-33(31)39)25-12-16-29(17-13-25)40-28-10-5-4-6-11-28;1-2/h4-6,10-13,16-17,22-24,26-27H,3,7-9,14-15,18-21H2,1-2H3,(H2,34,35,36);1-2H2/t24?,26-,27+;/m0./s1. The smallest absolute Gasteiger partial charge is 0.146 e. The Morgan fingerprint density at radius 2 is 1.55 bits per heavy atom. The van der Waals surface area contributed by atoms with E-state index < -0.39 is 0 Å². The number of nitrogens with two attached hydrogens (primary N) is 1. The predicted molar refractivity (Wildman–Crippen MR) is 174 cm³/mol. The van der Waals surface area contributed by atoms with Crippen molar-refractivity contribution in [2.24, 2.45) is 0 Å². The summed E-state index contributed by atoms with van der Waals surface area (Å²) in [5.74, 6) is 2.17. The number of piperazine rings is 1. The second kappa shape index (κ2) is 14.0. The molecule has 222 valence electrons. The van der Waals surface area contributed by atoms with Gasteiger partial charge >= 0.3 is 0 Å². The molecule has 2 aliphatic rings. The molecular formula is C35H46N6O. The first-order valence-electron chi connectivity index (χ1n) is 15.5. The third-order valence-corrected chi connectivity index (χ3v) is 9.16. The van der Waals surface area contributed by atoms with Crippen LogP contribution in [0.1, 0.15) is 58.4 Å². The van der Waals surface area contributed by atoms with Crippen molar-refractivity contribution in [3.05, 3.63) is 80.3 Å². The Labute approximate surface area is 251 Å². The Morgan fingerprint density at radius 3 is 2.26 bits per heavy atom. The molecule has 7 nitrogen and oxygen atoms in total. The van der Waals surface area contributed by atoms with Crippen molar-refractivity contribution in [1.29, 1.82) is 0 Å². The zero-order valence-electron chi connectivity index (χ0n) is 25.3. The van der Waals surface area contributed by atoms with Crippen LogP contribution in [-0.4, -0.2) is 62.6 Å². The number of fused-ring (bicyclic) bond motifs is 1. The number of anilines is 1. The molecule has 2 aromatic heterocycles. The number of hydrogen-bond donors (Lipinski definition) is 1. The van der Waals surface area contributed by atoms with Crippen molar-refractivity contribution in [3.63, 3.8) is 0 Å². The number of benzene rings is 2. The number of ether oxygens (including phenoxy) is 1. The van der Waals surface area contributed by atoms with E-state index in [0.29, 0.717) is 23.9 Å². The fourth-order valence-electron chi connectivity index (χ4n) is 6.64. The monoisotopic (exact) mass is 566 g/mol. The van der Waals surface area contributed by atoms with Gasteiger partial charge in [-0.15, -0.1) is 13.2 Å². The topological polar surface area (TPSA) is 72.4 Å². The summed E-state index contributed by atoms with van der Waals surface area (Å²) in [5, 5.41) is 0.946. The van der Waals surface area contributed by atoms with Crippen LogP contribution in [0.5, 0.6) is 11.5 Å². The Balaban J connectivity index is 0.00000173. The molecule has 1 saturated heterocycles. The quantitative estimate of drug-likeness (QED) is 0.184. The van der Waals surface area contributed by atoms with Gasteiger partial charge in [0.25, 0.3) is 0 Å². The normalized spacial score (nSPS) is 20.8. The van der Waals surface area contributed by atoms with Crippen LogP contribution in [0, 0.1) is 0 Å². The SMILES string of the molecule is C=C.CCC(C)N1CCN([C@H]2CCC[C@@H](n3cc(-c4ccc(Oc5ccccc5)cc4)c4c(N)ncnc43)CC2)CC1. The van der Waals surface area contributed by atoms with Crippen molar-refractivity contribution in [3.8, 4) is 22.6 Å². The molecule has 42 heavy (non-hydrogen) atoms. The van der Waals surface area contributed by atoms with Gasteiger partial charge in [0.05, 0.1) is 5.39 Å². The van der Waals surface area contributed by atoms with E-state index >= 15 is 0 Å². The molecule has 2 fully saturated rings. The number of aromatic nitrogens is 3. The highest BCUT2D eigenvalue weighted by Crippen LogP contribution is 2.39. The molecule has 7 heteroatoms. The zero-order chi connectivity index (χ0) is 29.5. The molecule has 1 unspecified atom stereocenters. The van der Waals surface area contributed by atoms with Crippen LogP contribution in [0.2, 0.25) is 0 Å². The predicted octanol–water partition coefficient (Wildman–Crippen LogP) is 7.56. The van der Waals surface area contributed by atoms with Crippen LogP contribution in [0.25, 0.3) is 22.2 Å².